The quantitative estimate of drug-likeness (QED) is 0.188. The highest BCUT2D eigenvalue weighted by atomic mass is 16.5. The lowest BCUT2D eigenvalue weighted by Gasteiger charge is -2.36. The smallest absolute Gasteiger partial charge is 0.0543 e. The van der Waals surface area contributed by atoms with Gasteiger partial charge in [-0.05, 0) is 67.4 Å². The van der Waals surface area contributed by atoms with E-state index in [0.29, 0.717) is 5.92 Å². The number of ether oxygens (including phenoxy) is 2. The minimum Gasteiger partial charge on any atom is -0.384 e. The summed E-state index contributed by atoms with van der Waals surface area (Å²) in [6.45, 7) is 6.00. The Morgan fingerprint density at radius 1 is 0.656 bits per heavy atom. The molecule has 0 fully saturated rings. The van der Waals surface area contributed by atoms with Crippen LogP contribution < -0.4 is 0 Å². The molecule has 0 bridgehead atoms. The Morgan fingerprint density at radius 2 is 1.19 bits per heavy atom. The van der Waals surface area contributed by atoms with Crippen LogP contribution in [0.15, 0.2) is 66.7 Å². The summed E-state index contributed by atoms with van der Waals surface area (Å²) in [5.74, 6) is 0.479. The zero-order chi connectivity index (χ0) is 22.3. The maximum absolute atomic E-state index is 5.65. The summed E-state index contributed by atoms with van der Waals surface area (Å²) < 4.78 is 11.3. The standard InChI is InChI=1S/C30H32O2/c1-20(2)30(18-31-3,19-32-4)17-16-21-14-15-27-25-12-6-9-22-8-5-11-24(28(22)25)26-13-7-10-23(21)29(26)27/h5-15,20H,16-19H2,1-4H3. The van der Waals surface area contributed by atoms with Crippen molar-refractivity contribution in [2.45, 2.75) is 26.7 Å². The molecule has 0 aliphatic rings. The van der Waals surface area contributed by atoms with E-state index in [2.05, 4.69) is 80.6 Å². The van der Waals surface area contributed by atoms with E-state index in [-0.39, 0.29) is 5.41 Å². The highest BCUT2D eigenvalue weighted by molar-refractivity contribution is 6.33. The molecule has 5 aromatic rings. The van der Waals surface area contributed by atoms with E-state index in [1.807, 2.05) is 0 Å². The molecular weight excluding hydrogens is 392 g/mol. The van der Waals surface area contributed by atoms with Crippen LogP contribution in [0, 0.1) is 11.3 Å². The van der Waals surface area contributed by atoms with E-state index in [1.54, 1.807) is 14.2 Å². The molecule has 0 unspecified atom stereocenters. The third-order valence-electron chi connectivity index (χ3n) is 7.60. The molecule has 5 rings (SSSR count). The molecule has 0 saturated carbocycles. The van der Waals surface area contributed by atoms with Gasteiger partial charge in [-0.3, -0.25) is 0 Å². The average Bonchev–Trinajstić information content (AvgIpc) is 2.81. The van der Waals surface area contributed by atoms with Crippen molar-refractivity contribution in [3.05, 3.63) is 72.3 Å². The second-order valence-corrected chi connectivity index (χ2v) is 9.59. The maximum atomic E-state index is 5.65. The fourth-order valence-corrected chi connectivity index (χ4v) is 5.69. The molecule has 0 aliphatic heterocycles. The molecule has 0 N–H and O–H groups in total. The molecule has 5 aromatic carbocycles. The van der Waals surface area contributed by atoms with Gasteiger partial charge in [-0.1, -0.05) is 80.6 Å². The number of fused-ring (bicyclic) bond motifs is 2. The molecule has 0 saturated heterocycles. The first kappa shape index (κ1) is 21.2. The van der Waals surface area contributed by atoms with Crippen LogP contribution in [0.5, 0.6) is 0 Å². The van der Waals surface area contributed by atoms with Crippen molar-refractivity contribution in [1.29, 1.82) is 0 Å². The number of benzene rings is 5. The number of hydrogen-bond acceptors (Lipinski definition) is 2. The lowest BCUT2D eigenvalue weighted by atomic mass is 9.74. The third kappa shape index (κ3) is 3.25. The maximum Gasteiger partial charge on any atom is 0.0543 e. The summed E-state index contributed by atoms with van der Waals surface area (Å²) >= 11 is 0. The van der Waals surface area contributed by atoms with Crippen LogP contribution in [0.1, 0.15) is 25.8 Å². The Hall–Kier alpha value is -2.68. The Morgan fingerprint density at radius 3 is 1.78 bits per heavy atom. The van der Waals surface area contributed by atoms with E-state index < -0.39 is 0 Å². The van der Waals surface area contributed by atoms with Gasteiger partial charge in [0.15, 0.2) is 0 Å². The van der Waals surface area contributed by atoms with Crippen molar-refractivity contribution in [3.8, 4) is 0 Å². The number of hydrogen-bond donors (Lipinski definition) is 0. The summed E-state index contributed by atoms with van der Waals surface area (Å²) in [4.78, 5) is 0. The predicted molar refractivity (Wildman–Crippen MR) is 137 cm³/mol. The lowest BCUT2D eigenvalue weighted by molar-refractivity contribution is -0.0258. The van der Waals surface area contributed by atoms with Crippen LogP contribution in [0.2, 0.25) is 0 Å². The first-order valence-corrected chi connectivity index (χ1v) is 11.6. The average molecular weight is 425 g/mol. The Kier molecular flexibility index (Phi) is 5.53. The topological polar surface area (TPSA) is 18.5 Å². The number of aryl methyl sites for hydroxylation is 1. The van der Waals surface area contributed by atoms with Crippen molar-refractivity contribution in [3.63, 3.8) is 0 Å². The van der Waals surface area contributed by atoms with E-state index in [1.165, 1.54) is 48.7 Å². The molecule has 0 aliphatic carbocycles. The van der Waals surface area contributed by atoms with Gasteiger partial charge in [0.2, 0.25) is 0 Å². The number of rotatable bonds is 8. The lowest BCUT2D eigenvalue weighted by Crippen LogP contribution is -2.37. The van der Waals surface area contributed by atoms with Crippen LogP contribution in [-0.2, 0) is 15.9 Å². The third-order valence-corrected chi connectivity index (χ3v) is 7.60. The van der Waals surface area contributed by atoms with Crippen LogP contribution >= 0.6 is 0 Å². The highest BCUT2D eigenvalue weighted by Crippen LogP contribution is 2.42. The first-order valence-electron chi connectivity index (χ1n) is 11.6. The molecule has 0 aromatic heterocycles. The molecule has 2 nitrogen and oxygen atoms in total. The molecule has 0 heterocycles. The second kappa shape index (κ2) is 8.35. The van der Waals surface area contributed by atoms with Crippen molar-refractivity contribution < 1.29 is 9.47 Å². The molecule has 32 heavy (non-hydrogen) atoms. The minimum atomic E-state index is 0.0152. The van der Waals surface area contributed by atoms with Gasteiger partial charge in [0.05, 0.1) is 13.2 Å². The van der Waals surface area contributed by atoms with E-state index in [0.717, 1.165) is 26.1 Å². The van der Waals surface area contributed by atoms with Gasteiger partial charge in [-0.15, -0.1) is 0 Å². The van der Waals surface area contributed by atoms with Gasteiger partial charge < -0.3 is 9.47 Å². The summed E-state index contributed by atoms with van der Waals surface area (Å²) in [5, 5.41) is 10.9. The fourth-order valence-electron chi connectivity index (χ4n) is 5.69. The monoisotopic (exact) mass is 424 g/mol. The van der Waals surface area contributed by atoms with Gasteiger partial charge in [-0.2, -0.15) is 0 Å². The molecule has 0 spiro atoms. The van der Waals surface area contributed by atoms with E-state index in [4.69, 9.17) is 9.47 Å². The Balaban J connectivity index is 1.68. The van der Waals surface area contributed by atoms with Crippen molar-refractivity contribution in [2.24, 2.45) is 11.3 Å². The van der Waals surface area contributed by atoms with E-state index >= 15 is 0 Å². The van der Waals surface area contributed by atoms with Crippen molar-refractivity contribution in [1.82, 2.24) is 0 Å². The minimum absolute atomic E-state index is 0.0152. The summed E-state index contributed by atoms with van der Waals surface area (Å²) in [6.07, 6.45) is 2.05. The largest absolute Gasteiger partial charge is 0.384 e. The Bertz CT molecular complexity index is 1330. The van der Waals surface area contributed by atoms with Crippen LogP contribution in [0.4, 0.5) is 0 Å². The first-order chi connectivity index (χ1) is 15.6. The van der Waals surface area contributed by atoms with Crippen LogP contribution in [0.3, 0.4) is 0 Å². The molecule has 2 heteroatoms. The highest BCUT2D eigenvalue weighted by Gasteiger charge is 2.34. The van der Waals surface area contributed by atoms with Crippen molar-refractivity contribution >= 4 is 43.1 Å². The van der Waals surface area contributed by atoms with Crippen molar-refractivity contribution in [2.75, 3.05) is 27.4 Å². The van der Waals surface area contributed by atoms with Gasteiger partial charge >= 0.3 is 0 Å². The van der Waals surface area contributed by atoms with Gasteiger partial charge in [-0.25, -0.2) is 0 Å². The molecule has 0 atom stereocenters. The molecular formula is C30H32O2. The molecule has 0 amide bonds. The predicted octanol–water partition coefficient (Wildman–Crippen LogP) is 7.61. The zero-order valence-corrected chi connectivity index (χ0v) is 19.6. The summed E-state index contributed by atoms with van der Waals surface area (Å²) in [6, 6.07) is 24.9. The van der Waals surface area contributed by atoms with Gasteiger partial charge in [0.25, 0.3) is 0 Å². The van der Waals surface area contributed by atoms with Crippen LogP contribution in [0.25, 0.3) is 43.1 Å². The van der Waals surface area contributed by atoms with Gasteiger partial charge in [0, 0.05) is 19.6 Å². The second-order valence-electron chi connectivity index (χ2n) is 9.59. The SMILES string of the molecule is COCC(CCc1ccc2c3cccc4cccc(c5cccc1c52)c43)(COC)C(C)C. The normalized spacial score (nSPS) is 12.8. The fraction of sp³-hybridized carbons (Fsp3) is 0.333. The molecule has 0 radical (unpaired) electrons. The molecule has 164 valence electrons. The van der Waals surface area contributed by atoms with E-state index in [9.17, 15) is 0 Å². The summed E-state index contributed by atoms with van der Waals surface area (Å²) in [5.41, 5.74) is 1.43. The van der Waals surface area contributed by atoms with Gasteiger partial charge in [0.1, 0.15) is 0 Å². The summed E-state index contributed by atoms with van der Waals surface area (Å²) in [7, 11) is 3.60. The number of methoxy groups -OCH3 is 2. The van der Waals surface area contributed by atoms with Crippen LogP contribution in [-0.4, -0.2) is 27.4 Å². The Labute approximate surface area is 190 Å². The zero-order valence-electron chi connectivity index (χ0n) is 19.6.